The van der Waals surface area contributed by atoms with Gasteiger partial charge in [-0.2, -0.15) is 0 Å². The van der Waals surface area contributed by atoms with Crippen molar-refractivity contribution in [3.63, 3.8) is 0 Å². The normalized spacial score (nSPS) is 26.5. The molecule has 0 N–H and O–H groups in total. The first kappa shape index (κ1) is 10.7. The Kier molecular flexibility index (Phi) is 3.40. The second kappa shape index (κ2) is 4.78. The van der Waals surface area contributed by atoms with Crippen molar-refractivity contribution in [2.24, 2.45) is 16.8 Å². The molecule has 15 heavy (non-hydrogen) atoms. The van der Waals surface area contributed by atoms with Crippen LogP contribution < -0.4 is 0 Å². The Morgan fingerprint density at radius 1 is 1.27 bits per heavy atom. The summed E-state index contributed by atoms with van der Waals surface area (Å²) in [5.41, 5.74) is 2.97. The van der Waals surface area contributed by atoms with Gasteiger partial charge in [-0.15, -0.1) is 0 Å². The van der Waals surface area contributed by atoms with Crippen LogP contribution in [0.25, 0.3) is 0 Å². The second-order valence-electron chi connectivity index (χ2n) is 5.01. The molecule has 1 unspecified atom stereocenters. The van der Waals surface area contributed by atoms with Crippen molar-refractivity contribution in [3.05, 3.63) is 23.4 Å². The molecule has 0 bridgehead atoms. The maximum absolute atomic E-state index is 4.44. The molecule has 2 rings (SSSR count). The number of hydrogen-bond acceptors (Lipinski definition) is 1. The summed E-state index contributed by atoms with van der Waals surface area (Å²) in [6.45, 7) is 4.50. The zero-order chi connectivity index (χ0) is 10.7. The van der Waals surface area contributed by atoms with E-state index in [1.54, 1.807) is 5.57 Å². The molecule has 1 heterocycles. The summed E-state index contributed by atoms with van der Waals surface area (Å²) in [5, 5.41) is 0. The third kappa shape index (κ3) is 2.58. The van der Waals surface area contributed by atoms with Crippen LogP contribution in [0.4, 0.5) is 0 Å². The molecule has 0 aromatic heterocycles. The van der Waals surface area contributed by atoms with Gasteiger partial charge in [-0.3, -0.25) is 4.99 Å². The summed E-state index contributed by atoms with van der Waals surface area (Å²) in [4.78, 5) is 4.44. The first-order chi connectivity index (χ1) is 7.27. The van der Waals surface area contributed by atoms with E-state index in [9.17, 15) is 0 Å². The Labute approximate surface area is 93.0 Å². The van der Waals surface area contributed by atoms with Crippen LogP contribution in [-0.2, 0) is 0 Å². The van der Waals surface area contributed by atoms with Crippen molar-refractivity contribution in [3.8, 4) is 0 Å². The molecule has 0 radical (unpaired) electrons. The van der Waals surface area contributed by atoms with Crippen molar-refractivity contribution in [2.75, 3.05) is 0 Å². The van der Waals surface area contributed by atoms with Crippen molar-refractivity contribution in [1.29, 1.82) is 0 Å². The molecular formula is C14H21N. The maximum atomic E-state index is 4.44. The van der Waals surface area contributed by atoms with Gasteiger partial charge in [0.05, 0.1) is 0 Å². The Morgan fingerprint density at radius 3 is 2.93 bits per heavy atom. The van der Waals surface area contributed by atoms with Crippen LogP contribution in [0, 0.1) is 11.8 Å². The lowest BCUT2D eigenvalue weighted by atomic mass is 9.91. The monoisotopic (exact) mass is 203 g/mol. The predicted molar refractivity (Wildman–Crippen MR) is 66.1 cm³/mol. The average molecular weight is 203 g/mol. The average Bonchev–Trinajstić information content (AvgIpc) is 2.50. The highest BCUT2D eigenvalue weighted by molar-refractivity contribution is 5.80. The third-order valence-electron chi connectivity index (χ3n) is 3.48. The molecule has 1 heteroatoms. The van der Waals surface area contributed by atoms with Crippen molar-refractivity contribution in [2.45, 2.75) is 46.0 Å². The van der Waals surface area contributed by atoms with Gasteiger partial charge in [0.25, 0.3) is 0 Å². The van der Waals surface area contributed by atoms with Gasteiger partial charge in [0.2, 0.25) is 0 Å². The molecule has 0 saturated heterocycles. The molecule has 2 aliphatic rings. The van der Waals surface area contributed by atoms with Gasteiger partial charge in [0.15, 0.2) is 0 Å². The zero-order valence-electron chi connectivity index (χ0n) is 9.87. The number of aliphatic imine (C=N–C) groups is 1. The summed E-state index contributed by atoms with van der Waals surface area (Å²) >= 11 is 0. The highest BCUT2D eigenvalue weighted by Crippen LogP contribution is 2.31. The first-order valence-electron chi connectivity index (χ1n) is 6.21. The van der Waals surface area contributed by atoms with Gasteiger partial charge in [-0.05, 0) is 36.3 Å². The molecule has 0 amide bonds. The lowest BCUT2D eigenvalue weighted by molar-refractivity contribution is 0.635. The van der Waals surface area contributed by atoms with E-state index in [-0.39, 0.29) is 0 Å². The smallest absolute Gasteiger partial charge is 0.0299 e. The van der Waals surface area contributed by atoms with Crippen molar-refractivity contribution < 1.29 is 0 Å². The van der Waals surface area contributed by atoms with E-state index in [0.717, 1.165) is 0 Å². The molecule has 0 spiro atoms. The number of nitrogens with zero attached hydrogens (tertiary/aromatic N) is 1. The van der Waals surface area contributed by atoms with Crippen LogP contribution in [0.5, 0.6) is 0 Å². The van der Waals surface area contributed by atoms with E-state index in [1.165, 1.54) is 37.7 Å². The summed E-state index contributed by atoms with van der Waals surface area (Å²) in [7, 11) is 0. The molecular weight excluding hydrogens is 182 g/mol. The fourth-order valence-electron chi connectivity index (χ4n) is 2.43. The van der Waals surface area contributed by atoms with Gasteiger partial charge < -0.3 is 0 Å². The largest absolute Gasteiger partial charge is 0.264 e. The lowest BCUT2D eigenvalue weighted by Gasteiger charge is -2.13. The second-order valence-corrected chi connectivity index (χ2v) is 5.01. The highest BCUT2D eigenvalue weighted by Gasteiger charge is 2.17. The number of hydrogen-bond donors (Lipinski definition) is 0. The zero-order valence-corrected chi connectivity index (χ0v) is 9.87. The summed E-state index contributed by atoms with van der Waals surface area (Å²) in [6.07, 6.45) is 13.3. The van der Waals surface area contributed by atoms with E-state index in [0.29, 0.717) is 11.8 Å². The Morgan fingerprint density at radius 2 is 2.13 bits per heavy atom. The van der Waals surface area contributed by atoms with Gasteiger partial charge in [0, 0.05) is 18.3 Å². The standard InChI is InChI=1S/C14H21N/c1-11(2)14-8-12-6-4-3-5-7-13(12)9-15-10-14/h8-12H,3-7H2,1-2H3. The number of allylic oxidation sites excluding steroid dienone is 3. The van der Waals surface area contributed by atoms with E-state index < -0.39 is 0 Å². The van der Waals surface area contributed by atoms with E-state index in [4.69, 9.17) is 0 Å². The van der Waals surface area contributed by atoms with Gasteiger partial charge in [0.1, 0.15) is 0 Å². The third-order valence-corrected chi connectivity index (χ3v) is 3.48. The molecule has 1 aliphatic carbocycles. The molecule has 1 nitrogen and oxygen atoms in total. The van der Waals surface area contributed by atoms with Gasteiger partial charge in [-0.25, -0.2) is 0 Å². The highest BCUT2D eigenvalue weighted by atomic mass is 14.7. The molecule has 1 fully saturated rings. The minimum atomic E-state index is 0.602. The van der Waals surface area contributed by atoms with E-state index >= 15 is 0 Å². The summed E-state index contributed by atoms with van der Waals surface area (Å²) < 4.78 is 0. The molecule has 82 valence electrons. The Hall–Kier alpha value is -0.850. The van der Waals surface area contributed by atoms with Crippen LogP contribution in [0.1, 0.15) is 46.0 Å². The van der Waals surface area contributed by atoms with Crippen LogP contribution >= 0.6 is 0 Å². The SMILES string of the molecule is CC(C)C1=CC2CCCCCC2=CN=C1. The fourth-order valence-corrected chi connectivity index (χ4v) is 2.43. The summed E-state index contributed by atoms with van der Waals surface area (Å²) in [6, 6.07) is 0. The lowest BCUT2D eigenvalue weighted by Crippen LogP contribution is -2.02. The van der Waals surface area contributed by atoms with Gasteiger partial charge >= 0.3 is 0 Å². The Balaban J connectivity index is 2.23. The number of rotatable bonds is 1. The van der Waals surface area contributed by atoms with E-state index in [1.807, 2.05) is 6.21 Å². The van der Waals surface area contributed by atoms with Crippen molar-refractivity contribution >= 4 is 6.21 Å². The van der Waals surface area contributed by atoms with Crippen LogP contribution in [-0.4, -0.2) is 6.21 Å². The van der Waals surface area contributed by atoms with Crippen LogP contribution in [0.3, 0.4) is 0 Å². The number of fused-ring (bicyclic) bond motifs is 1. The predicted octanol–water partition coefficient (Wildman–Crippen LogP) is 4.12. The first-order valence-corrected chi connectivity index (χ1v) is 6.21. The van der Waals surface area contributed by atoms with Crippen LogP contribution in [0.15, 0.2) is 28.4 Å². The van der Waals surface area contributed by atoms with Gasteiger partial charge in [-0.1, -0.05) is 32.8 Å². The molecule has 0 aromatic rings. The van der Waals surface area contributed by atoms with Crippen molar-refractivity contribution in [1.82, 2.24) is 0 Å². The van der Waals surface area contributed by atoms with E-state index in [2.05, 4.69) is 31.1 Å². The maximum Gasteiger partial charge on any atom is 0.0299 e. The van der Waals surface area contributed by atoms with Crippen LogP contribution in [0.2, 0.25) is 0 Å². The summed E-state index contributed by atoms with van der Waals surface area (Å²) in [5.74, 6) is 1.28. The minimum Gasteiger partial charge on any atom is -0.264 e. The molecule has 1 atom stereocenters. The molecule has 0 aromatic carbocycles. The molecule has 1 aliphatic heterocycles. The fraction of sp³-hybridized carbons (Fsp3) is 0.643. The quantitative estimate of drug-likeness (QED) is 0.608. The topological polar surface area (TPSA) is 12.4 Å². The Bertz CT molecular complexity index is 307. The molecule has 1 saturated carbocycles. The minimum absolute atomic E-state index is 0.602.